The fourth-order valence-corrected chi connectivity index (χ4v) is 4.29. The molecule has 0 saturated carbocycles. The molecular formula is C24H32F2O3S. The van der Waals surface area contributed by atoms with Crippen LogP contribution in [0, 0.1) is 11.6 Å². The van der Waals surface area contributed by atoms with Gasteiger partial charge in [-0.05, 0) is 42.7 Å². The topological polar surface area (TPSA) is 43.4 Å². The van der Waals surface area contributed by atoms with Crippen molar-refractivity contribution in [1.29, 1.82) is 0 Å². The van der Waals surface area contributed by atoms with Crippen molar-refractivity contribution in [3.63, 3.8) is 0 Å². The summed E-state index contributed by atoms with van der Waals surface area (Å²) >= 11 is 0. The Kier molecular flexibility index (Phi) is 10.3. The van der Waals surface area contributed by atoms with E-state index in [2.05, 4.69) is 6.92 Å². The minimum absolute atomic E-state index is 0.0574. The lowest BCUT2D eigenvalue weighted by molar-refractivity contribution is 0.457. The summed E-state index contributed by atoms with van der Waals surface area (Å²) in [5, 5.41) is 0. The third-order valence-electron chi connectivity index (χ3n) is 5.12. The molecule has 2 rings (SSSR count). The molecule has 0 bridgehead atoms. The second-order valence-corrected chi connectivity index (χ2v) is 9.23. The van der Waals surface area contributed by atoms with Gasteiger partial charge in [0.1, 0.15) is 10.7 Å². The smallest absolute Gasteiger partial charge is 0.339 e. The van der Waals surface area contributed by atoms with Crippen molar-refractivity contribution < 1.29 is 21.4 Å². The Morgan fingerprint density at radius 3 is 1.90 bits per heavy atom. The monoisotopic (exact) mass is 438 g/mol. The molecule has 0 amide bonds. The van der Waals surface area contributed by atoms with Crippen LogP contribution in [0.5, 0.6) is 5.75 Å². The molecular weight excluding hydrogens is 406 g/mol. The van der Waals surface area contributed by atoms with E-state index in [1.807, 2.05) is 0 Å². The Balaban J connectivity index is 1.72. The van der Waals surface area contributed by atoms with Gasteiger partial charge in [0.05, 0.1) is 0 Å². The summed E-state index contributed by atoms with van der Waals surface area (Å²) in [6, 6.07) is 8.92. The Bertz CT molecular complexity index is 865. The molecule has 0 spiro atoms. The molecule has 0 aromatic heterocycles. The molecule has 0 fully saturated rings. The number of unbranched alkanes of at least 4 members (excludes halogenated alkanes) is 9. The maximum atomic E-state index is 13.7. The number of halogens is 2. The minimum Gasteiger partial charge on any atom is -0.376 e. The quantitative estimate of drug-likeness (QED) is 0.231. The van der Waals surface area contributed by atoms with Gasteiger partial charge in [-0.1, -0.05) is 76.8 Å². The minimum atomic E-state index is -4.17. The lowest BCUT2D eigenvalue weighted by Gasteiger charge is -2.09. The average Bonchev–Trinajstić information content (AvgIpc) is 2.72. The second kappa shape index (κ2) is 12.7. The molecule has 0 aliphatic carbocycles. The number of hydrogen-bond donors (Lipinski definition) is 0. The molecule has 0 N–H and O–H groups in total. The van der Waals surface area contributed by atoms with Crippen LogP contribution in [0.1, 0.15) is 76.7 Å². The molecule has 0 saturated heterocycles. The third-order valence-corrected chi connectivity index (χ3v) is 6.37. The van der Waals surface area contributed by atoms with Crippen molar-refractivity contribution >= 4 is 10.1 Å². The standard InChI is InChI=1S/C24H32F2O3S/c1-2-3-4-5-6-7-8-9-10-11-12-20-13-16-22(17-14-20)30(27,28)29-24-18-15-21(25)19-23(24)26/h13-19H,2-12H2,1H3. The van der Waals surface area contributed by atoms with Crippen LogP contribution >= 0.6 is 0 Å². The predicted octanol–water partition coefficient (Wildman–Crippen LogP) is 7.20. The molecule has 0 aliphatic heterocycles. The van der Waals surface area contributed by atoms with Crippen molar-refractivity contribution in [3.8, 4) is 5.75 Å². The van der Waals surface area contributed by atoms with Crippen LogP contribution in [0.15, 0.2) is 47.4 Å². The summed E-state index contributed by atoms with van der Waals surface area (Å²) in [4.78, 5) is -0.0574. The highest BCUT2D eigenvalue weighted by Crippen LogP contribution is 2.23. The van der Waals surface area contributed by atoms with Gasteiger partial charge in [0.15, 0.2) is 11.6 Å². The SMILES string of the molecule is CCCCCCCCCCCCc1ccc(S(=O)(=O)Oc2ccc(F)cc2F)cc1. The summed E-state index contributed by atoms with van der Waals surface area (Å²) in [6.45, 7) is 2.23. The first-order chi connectivity index (χ1) is 14.4. The molecule has 0 aliphatic rings. The highest BCUT2D eigenvalue weighted by molar-refractivity contribution is 7.87. The summed E-state index contributed by atoms with van der Waals surface area (Å²) in [6.07, 6.45) is 13.6. The summed E-state index contributed by atoms with van der Waals surface area (Å²) in [5.74, 6) is -2.38. The van der Waals surface area contributed by atoms with Gasteiger partial charge in [-0.2, -0.15) is 8.42 Å². The second-order valence-electron chi connectivity index (χ2n) is 7.69. The Morgan fingerprint density at radius 2 is 1.33 bits per heavy atom. The fraction of sp³-hybridized carbons (Fsp3) is 0.500. The third kappa shape index (κ3) is 8.42. The Labute approximate surface area is 179 Å². The number of benzene rings is 2. The fourth-order valence-electron chi connectivity index (χ4n) is 3.35. The van der Waals surface area contributed by atoms with Crippen LogP contribution in [0.25, 0.3) is 0 Å². The van der Waals surface area contributed by atoms with Crippen molar-refractivity contribution in [3.05, 3.63) is 59.7 Å². The Morgan fingerprint density at radius 1 is 0.767 bits per heavy atom. The zero-order valence-electron chi connectivity index (χ0n) is 17.7. The van der Waals surface area contributed by atoms with Crippen molar-refractivity contribution in [2.45, 2.75) is 82.4 Å². The van der Waals surface area contributed by atoms with Crippen LogP contribution in [-0.4, -0.2) is 8.42 Å². The van der Waals surface area contributed by atoms with Crippen LogP contribution in [0.3, 0.4) is 0 Å². The van der Waals surface area contributed by atoms with E-state index in [9.17, 15) is 17.2 Å². The van der Waals surface area contributed by atoms with Gasteiger partial charge in [0.2, 0.25) is 0 Å². The molecule has 2 aromatic carbocycles. The van der Waals surface area contributed by atoms with E-state index in [4.69, 9.17) is 4.18 Å². The normalized spacial score (nSPS) is 11.6. The highest BCUT2D eigenvalue weighted by Gasteiger charge is 2.19. The van der Waals surface area contributed by atoms with Crippen LogP contribution in [0.2, 0.25) is 0 Å². The first-order valence-electron chi connectivity index (χ1n) is 10.9. The zero-order chi connectivity index (χ0) is 21.8. The van der Waals surface area contributed by atoms with E-state index in [-0.39, 0.29) is 4.90 Å². The predicted molar refractivity (Wildman–Crippen MR) is 116 cm³/mol. The summed E-state index contributed by atoms with van der Waals surface area (Å²) in [5.41, 5.74) is 1.06. The van der Waals surface area contributed by atoms with Gasteiger partial charge in [-0.25, -0.2) is 8.78 Å². The molecule has 0 heterocycles. The molecule has 0 atom stereocenters. The zero-order valence-corrected chi connectivity index (χ0v) is 18.5. The van der Waals surface area contributed by atoms with E-state index >= 15 is 0 Å². The molecule has 6 heteroatoms. The van der Waals surface area contributed by atoms with Crippen LogP contribution in [0.4, 0.5) is 8.78 Å². The van der Waals surface area contributed by atoms with Crippen molar-refractivity contribution in [1.82, 2.24) is 0 Å². The highest BCUT2D eigenvalue weighted by atomic mass is 32.2. The van der Waals surface area contributed by atoms with Gasteiger partial charge < -0.3 is 4.18 Å². The summed E-state index contributed by atoms with van der Waals surface area (Å²) in [7, 11) is -4.17. The van der Waals surface area contributed by atoms with Crippen LogP contribution in [-0.2, 0) is 16.5 Å². The molecule has 2 aromatic rings. The van der Waals surface area contributed by atoms with E-state index in [1.165, 1.54) is 69.9 Å². The first kappa shape index (κ1) is 24.3. The van der Waals surface area contributed by atoms with Gasteiger partial charge in [-0.15, -0.1) is 0 Å². The van der Waals surface area contributed by atoms with Crippen LogP contribution < -0.4 is 4.18 Å². The molecule has 30 heavy (non-hydrogen) atoms. The van der Waals surface area contributed by atoms with Gasteiger partial charge in [-0.3, -0.25) is 0 Å². The lowest BCUT2D eigenvalue weighted by atomic mass is 10.0. The Hall–Kier alpha value is -1.95. The van der Waals surface area contributed by atoms with E-state index in [0.29, 0.717) is 6.07 Å². The van der Waals surface area contributed by atoms with Crippen molar-refractivity contribution in [2.24, 2.45) is 0 Å². The van der Waals surface area contributed by atoms with E-state index in [0.717, 1.165) is 30.5 Å². The van der Waals surface area contributed by atoms with Crippen molar-refractivity contribution in [2.75, 3.05) is 0 Å². The molecule has 166 valence electrons. The molecule has 0 radical (unpaired) electrons. The maximum Gasteiger partial charge on any atom is 0.339 e. The molecule has 0 unspecified atom stereocenters. The number of aryl methyl sites for hydroxylation is 1. The van der Waals surface area contributed by atoms with Gasteiger partial charge >= 0.3 is 10.1 Å². The average molecular weight is 439 g/mol. The number of rotatable bonds is 14. The number of hydrogen-bond acceptors (Lipinski definition) is 3. The van der Waals surface area contributed by atoms with E-state index in [1.54, 1.807) is 12.1 Å². The largest absolute Gasteiger partial charge is 0.376 e. The lowest BCUT2D eigenvalue weighted by Crippen LogP contribution is -2.10. The van der Waals surface area contributed by atoms with Gasteiger partial charge in [0.25, 0.3) is 0 Å². The van der Waals surface area contributed by atoms with E-state index < -0.39 is 27.5 Å². The van der Waals surface area contributed by atoms with Gasteiger partial charge in [0, 0.05) is 6.07 Å². The molecule has 3 nitrogen and oxygen atoms in total. The maximum absolute atomic E-state index is 13.7. The summed E-state index contributed by atoms with van der Waals surface area (Å²) < 4.78 is 56.0. The first-order valence-corrected chi connectivity index (χ1v) is 12.3.